The van der Waals surface area contributed by atoms with Crippen molar-refractivity contribution >= 4 is 16.7 Å². The van der Waals surface area contributed by atoms with E-state index < -0.39 is 6.10 Å². The van der Waals surface area contributed by atoms with Crippen molar-refractivity contribution in [1.29, 1.82) is 0 Å². The number of rotatable bonds is 6. The predicted octanol–water partition coefficient (Wildman–Crippen LogP) is 4.53. The van der Waals surface area contributed by atoms with Crippen molar-refractivity contribution in [2.45, 2.75) is 26.9 Å². The molecule has 1 N–H and O–H groups in total. The molecule has 0 bridgehead atoms. The van der Waals surface area contributed by atoms with Crippen LogP contribution < -0.4 is 9.47 Å². The largest absolute Gasteiger partial charge is 0.490 e. The molecule has 0 unspecified atom stereocenters. The lowest BCUT2D eigenvalue weighted by Gasteiger charge is -2.16. The fourth-order valence-electron chi connectivity index (χ4n) is 2.86. The smallest absolute Gasteiger partial charge is 0.205 e. The average molecular weight is 323 g/mol. The number of carbonyl (C=O) groups excluding carboxylic acids is 1. The van der Waals surface area contributed by atoms with Crippen molar-refractivity contribution in [3.63, 3.8) is 0 Å². The summed E-state index contributed by atoms with van der Waals surface area (Å²) in [6.45, 7) is 6.14. The van der Waals surface area contributed by atoms with Gasteiger partial charge in [-0.3, -0.25) is 4.79 Å². The first kappa shape index (κ1) is 16.1. The normalized spacial score (nSPS) is 12.1. The number of benzene rings is 2. The summed E-state index contributed by atoms with van der Waals surface area (Å²) >= 11 is 0. The van der Waals surface area contributed by atoms with Crippen LogP contribution in [0.2, 0.25) is 0 Å². The molecule has 3 aromatic rings. The van der Waals surface area contributed by atoms with Crippen LogP contribution in [-0.4, -0.2) is 23.5 Å². The zero-order valence-electron chi connectivity index (χ0n) is 14.1. The average Bonchev–Trinajstić information content (AvgIpc) is 2.92. The third-order valence-electron chi connectivity index (χ3n) is 3.96. The first-order chi connectivity index (χ1) is 11.6. The van der Waals surface area contributed by atoms with Crippen molar-refractivity contribution in [1.82, 2.24) is 4.98 Å². The Kier molecular flexibility index (Phi) is 4.56. The minimum atomic E-state index is -0.607. The van der Waals surface area contributed by atoms with E-state index in [9.17, 15) is 4.79 Å². The molecule has 2 aromatic carbocycles. The summed E-state index contributed by atoms with van der Waals surface area (Å²) in [6.07, 6.45) is -0.607. The van der Waals surface area contributed by atoms with Gasteiger partial charge in [-0.15, -0.1) is 0 Å². The summed E-state index contributed by atoms with van der Waals surface area (Å²) in [5.74, 6) is 1.18. The second kappa shape index (κ2) is 6.79. The van der Waals surface area contributed by atoms with Gasteiger partial charge >= 0.3 is 0 Å². The second-order valence-electron chi connectivity index (χ2n) is 5.67. The summed E-state index contributed by atoms with van der Waals surface area (Å²) in [5, 5.41) is 0.925. The molecule has 124 valence electrons. The number of aromatic nitrogens is 1. The Morgan fingerprint density at radius 2 is 1.75 bits per heavy atom. The van der Waals surface area contributed by atoms with Gasteiger partial charge < -0.3 is 14.5 Å². The van der Waals surface area contributed by atoms with Gasteiger partial charge in [-0.05, 0) is 39.0 Å². The molecule has 0 amide bonds. The van der Waals surface area contributed by atoms with Crippen molar-refractivity contribution in [2.75, 3.05) is 6.61 Å². The van der Waals surface area contributed by atoms with Gasteiger partial charge in [0.2, 0.25) is 5.78 Å². The van der Waals surface area contributed by atoms with Crippen LogP contribution in [0.3, 0.4) is 0 Å². The van der Waals surface area contributed by atoms with Gasteiger partial charge in [-0.1, -0.05) is 30.3 Å². The molecule has 4 heteroatoms. The van der Waals surface area contributed by atoms with E-state index in [1.807, 2.05) is 62.4 Å². The molecular weight excluding hydrogens is 302 g/mol. The van der Waals surface area contributed by atoms with E-state index in [0.717, 1.165) is 16.6 Å². The minimum absolute atomic E-state index is 0.0451. The van der Waals surface area contributed by atoms with Gasteiger partial charge in [0.05, 0.1) is 6.61 Å². The monoisotopic (exact) mass is 323 g/mol. The van der Waals surface area contributed by atoms with Crippen LogP contribution in [-0.2, 0) is 0 Å². The van der Waals surface area contributed by atoms with E-state index in [1.54, 1.807) is 6.92 Å². The summed E-state index contributed by atoms with van der Waals surface area (Å²) < 4.78 is 11.5. The Hall–Kier alpha value is -2.75. The Morgan fingerprint density at radius 1 is 1.08 bits per heavy atom. The fourth-order valence-corrected chi connectivity index (χ4v) is 2.86. The molecule has 0 spiro atoms. The second-order valence-corrected chi connectivity index (χ2v) is 5.67. The van der Waals surface area contributed by atoms with E-state index in [0.29, 0.717) is 23.7 Å². The van der Waals surface area contributed by atoms with Gasteiger partial charge in [0.15, 0.2) is 17.6 Å². The number of para-hydroxylation sites is 3. The number of carbonyl (C=O) groups is 1. The summed E-state index contributed by atoms with van der Waals surface area (Å²) in [5.41, 5.74) is 2.50. The lowest BCUT2D eigenvalue weighted by Crippen LogP contribution is -2.24. The highest BCUT2D eigenvalue weighted by Crippen LogP contribution is 2.29. The molecule has 1 heterocycles. The quantitative estimate of drug-likeness (QED) is 0.678. The number of ketones is 1. The maximum Gasteiger partial charge on any atom is 0.205 e. The van der Waals surface area contributed by atoms with E-state index in [4.69, 9.17) is 9.47 Å². The highest BCUT2D eigenvalue weighted by molar-refractivity contribution is 6.11. The van der Waals surface area contributed by atoms with Gasteiger partial charge in [-0.25, -0.2) is 0 Å². The molecular formula is C20H21NO3. The lowest BCUT2D eigenvalue weighted by molar-refractivity contribution is 0.0814. The van der Waals surface area contributed by atoms with Crippen molar-refractivity contribution < 1.29 is 14.3 Å². The SMILES string of the molecule is CCOc1ccccc1O[C@@H](C)C(=O)c1c(C)[nH]c2ccccc12. The van der Waals surface area contributed by atoms with E-state index >= 15 is 0 Å². The molecule has 4 nitrogen and oxygen atoms in total. The zero-order valence-corrected chi connectivity index (χ0v) is 14.1. The number of aryl methyl sites for hydroxylation is 1. The fraction of sp³-hybridized carbons (Fsp3) is 0.250. The zero-order chi connectivity index (χ0) is 17.1. The molecule has 24 heavy (non-hydrogen) atoms. The summed E-state index contributed by atoms with van der Waals surface area (Å²) in [7, 11) is 0. The van der Waals surface area contributed by atoms with Crippen LogP contribution in [0.15, 0.2) is 48.5 Å². The predicted molar refractivity (Wildman–Crippen MR) is 95.1 cm³/mol. The Bertz CT molecular complexity index is 866. The molecule has 0 saturated carbocycles. The number of aromatic amines is 1. The molecule has 1 aromatic heterocycles. The van der Waals surface area contributed by atoms with Gasteiger partial charge in [-0.2, -0.15) is 0 Å². The Morgan fingerprint density at radius 3 is 2.50 bits per heavy atom. The van der Waals surface area contributed by atoms with E-state index in [1.165, 1.54) is 0 Å². The molecule has 0 aliphatic heterocycles. The molecule has 1 atom stereocenters. The highest BCUT2D eigenvalue weighted by Gasteiger charge is 2.23. The number of hydrogen-bond acceptors (Lipinski definition) is 3. The van der Waals surface area contributed by atoms with E-state index in [-0.39, 0.29) is 5.78 Å². The van der Waals surface area contributed by atoms with Crippen LogP contribution in [0.25, 0.3) is 10.9 Å². The van der Waals surface area contributed by atoms with Gasteiger partial charge in [0.1, 0.15) is 0 Å². The highest BCUT2D eigenvalue weighted by atomic mass is 16.5. The number of hydrogen-bond donors (Lipinski definition) is 1. The van der Waals surface area contributed by atoms with Crippen LogP contribution in [0.4, 0.5) is 0 Å². The van der Waals surface area contributed by atoms with E-state index in [2.05, 4.69) is 4.98 Å². The number of ether oxygens (including phenoxy) is 2. The standard InChI is InChI=1S/C20H21NO3/c1-4-23-17-11-7-8-12-18(17)24-14(3)20(22)19-13(2)21-16-10-6-5-9-15(16)19/h5-12,14,21H,4H2,1-3H3/t14-/m0/s1. The molecule has 0 fully saturated rings. The van der Waals surface area contributed by atoms with Gasteiger partial charge in [0.25, 0.3) is 0 Å². The molecule has 0 radical (unpaired) electrons. The van der Waals surface area contributed by atoms with Crippen molar-refractivity contribution in [3.8, 4) is 11.5 Å². The Labute approximate surface area is 141 Å². The number of H-pyrrole nitrogens is 1. The molecule has 0 aliphatic carbocycles. The van der Waals surface area contributed by atoms with Crippen LogP contribution >= 0.6 is 0 Å². The summed E-state index contributed by atoms with van der Waals surface area (Å²) in [4.78, 5) is 16.2. The third-order valence-corrected chi connectivity index (χ3v) is 3.96. The number of Topliss-reactive ketones (excluding diaryl/α,β-unsaturated/α-hetero) is 1. The maximum atomic E-state index is 12.9. The van der Waals surface area contributed by atoms with Crippen molar-refractivity contribution in [2.24, 2.45) is 0 Å². The first-order valence-corrected chi connectivity index (χ1v) is 8.11. The third kappa shape index (κ3) is 3.00. The van der Waals surface area contributed by atoms with Crippen molar-refractivity contribution in [3.05, 3.63) is 59.8 Å². The number of nitrogens with one attached hydrogen (secondary N) is 1. The topological polar surface area (TPSA) is 51.3 Å². The van der Waals surface area contributed by atoms with Crippen LogP contribution in [0.1, 0.15) is 29.9 Å². The molecule has 3 rings (SSSR count). The maximum absolute atomic E-state index is 12.9. The van der Waals surface area contributed by atoms with Crippen LogP contribution in [0, 0.1) is 6.92 Å². The molecule has 0 saturated heterocycles. The lowest BCUT2D eigenvalue weighted by atomic mass is 10.0. The summed E-state index contributed by atoms with van der Waals surface area (Å²) in [6, 6.07) is 15.2. The van der Waals surface area contributed by atoms with Crippen LogP contribution in [0.5, 0.6) is 11.5 Å². The minimum Gasteiger partial charge on any atom is -0.490 e. The number of fused-ring (bicyclic) bond motifs is 1. The Balaban J connectivity index is 1.89. The molecule has 0 aliphatic rings. The first-order valence-electron chi connectivity index (χ1n) is 8.11. The van der Waals surface area contributed by atoms with Gasteiger partial charge in [0, 0.05) is 22.2 Å².